The maximum atomic E-state index is 13.0. The van der Waals surface area contributed by atoms with E-state index < -0.39 is 17.6 Å². The molecule has 6 rings (SSSR count). The minimum absolute atomic E-state index is 0. The maximum Gasteiger partial charge on any atom is 0.296 e. The van der Waals surface area contributed by atoms with Crippen LogP contribution in [0.2, 0.25) is 0 Å². The summed E-state index contributed by atoms with van der Waals surface area (Å²) in [4.78, 5) is 0. The van der Waals surface area contributed by atoms with E-state index in [0.29, 0.717) is 5.69 Å². The molecule has 2 fully saturated rings. The van der Waals surface area contributed by atoms with Crippen LogP contribution in [0.4, 0.5) is 5.69 Å². The van der Waals surface area contributed by atoms with Crippen LogP contribution in [-0.4, -0.2) is 40.2 Å². The average Bonchev–Trinajstić information content (AvgIpc) is 3.11. The second-order valence-corrected chi connectivity index (χ2v) is 17.9. The maximum absolute atomic E-state index is 13.0. The Morgan fingerprint density at radius 3 is 1.60 bits per heavy atom. The molecule has 9 heteroatoms. The third-order valence-electron chi connectivity index (χ3n) is 9.48. The van der Waals surface area contributed by atoms with Crippen LogP contribution < -0.4 is 14.8 Å². The number of rotatable bonds is 9. The summed E-state index contributed by atoms with van der Waals surface area (Å²) in [5, 5.41) is 1.06. The van der Waals surface area contributed by atoms with Crippen LogP contribution in [0.5, 0.6) is 11.5 Å². The third-order valence-corrected chi connectivity index (χ3v) is 15.9. The van der Waals surface area contributed by atoms with Gasteiger partial charge in [0.15, 0.2) is 0 Å². The molecule has 0 saturated heterocycles. The Morgan fingerprint density at radius 2 is 1.10 bits per heavy atom. The first kappa shape index (κ1) is 38.1. The molecule has 0 atom stereocenters. The van der Waals surface area contributed by atoms with Gasteiger partial charge in [-0.1, -0.05) is 91.7 Å². The van der Waals surface area contributed by atoms with Crippen molar-refractivity contribution in [3.8, 4) is 33.8 Å². The van der Waals surface area contributed by atoms with Gasteiger partial charge in [-0.05, 0) is 80.7 Å². The SMILES string of the molecule is COc1cccc(OC)c1-c1ccccc1[P+](OS(C)(=O)=O)(C1CCCCC1)C1CCCCC1.[NH-]c1ccccc1-c1ccccc1.[Pd]. The fourth-order valence-electron chi connectivity index (χ4n) is 7.47. The van der Waals surface area contributed by atoms with E-state index in [1.54, 1.807) is 14.2 Å². The van der Waals surface area contributed by atoms with Crippen LogP contribution in [0.1, 0.15) is 64.2 Å². The Balaban J connectivity index is 0.000000310. The number of nitrogens with one attached hydrogen (secondary N) is 1. The Labute approximate surface area is 302 Å². The third kappa shape index (κ3) is 8.89. The number of hydrogen-bond acceptors (Lipinski definition) is 5. The molecule has 6 nitrogen and oxygen atoms in total. The molecular weight excluding hydrogens is 732 g/mol. The van der Waals surface area contributed by atoms with Gasteiger partial charge in [-0.2, -0.15) is 8.42 Å². The molecule has 4 aromatic rings. The molecule has 0 spiro atoms. The van der Waals surface area contributed by atoms with E-state index in [1.165, 1.54) is 19.1 Å². The van der Waals surface area contributed by atoms with Gasteiger partial charge in [-0.3, -0.25) is 0 Å². The summed E-state index contributed by atoms with van der Waals surface area (Å²) in [5.74, 6) is 1.44. The zero-order valence-corrected chi connectivity index (χ0v) is 31.4. The van der Waals surface area contributed by atoms with Gasteiger partial charge in [0, 0.05) is 26.0 Å². The number of benzene rings is 4. The first-order chi connectivity index (χ1) is 22.8. The molecule has 0 aromatic heterocycles. The minimum atomic E-state index is -3.67. The monoisotopic (exact) mass is 779 g/mol. The summed E-state index contributed by atoms with van der Waals surface area (Å²) in [6, 6.07) is 31.7. The van der Waals surface area contributed by atoms with Crippen LogP contribution in [0.3, 0.4) is 0 Å². The van der Waals surface area contributed by atoms with E-state index >= 15 is 0 Å². The predicted octanol–water partition coefficient (Wildman–Crippen LogP) is 10.6. The van der Waals surface area contributed by atoms with Crippen LogP contribution in [0, 0.1) is 0 Å². The van der Waals surface area contributed by atoms with Crippen molar-refractivity contribution in [3.63, 3.8) is 0 Å². The Hall–Kier alpha value is -2.72. The Bertz CT molecular complexity index is 1670. The average molecular weight is 780 g/mol. The summed E-state index contributed by atoms with van der Waals surface area (Å²) in [6.07, 6.45) is 12.3. The minimum Gasteiger partial charge on any atom is -0.698 e. The summed E-state index contributed by atoms with van der Waals surface area (Å²) < 4.78 is 44.0. The molecular formula is C39H48NO5PPdS. The van der Waals surface area contributed by atoms with Gasteiger partial charge in [-0.25, -0.2) is 0 Å². The topological polar surface area (TPSA) is 85.6 Å². The fraction of sp³-hybridized carbons (Fsp3) is 0.385. The second kappa shape index (κ2) is 17.8. The number of ether oxygens (including phenoxy) is 2. The number of methoxy groups -OCH3 is 2. The molecule has 0 bridgehead atoms. The van der Waals surface area contributed by atoms with Crippen molar-refractivity contribution in [2.24, 2.45) is 0 Å². The van der Waals surface area contributed by atoms with Crippen molar-refractivity contribution < 1.29 is 42.3 Å². The molecule has 2 saturated carbocycles. The van der Waals surface area contributed by atoms with Crippen LogP contribution in [0.25, 0.3) is 28.0 Å². The van der Waals surface area contributed by atoms with Crippen LogP contribution >= 0.6 is 7.49 Å². The van der Waals surface area contributed by atoms with E-state index in [2.05, 4.69) is 12.1 Å². The molecule has 1 N–H and O–H groups in total. The molecule has 0 unspecified atom stereocenters. The largest absolute Gasteiger partial charge is 0.698 e. The van der Waals surface area contributed by atoms with Gasteiger partial charge in [0.25, 0.3) is 10.1 Å². The summed E-state index contributed by atoms with van der Waals surface area (Å²) in [7, 11) is -2.93. The molecule has 0 heterocycles. The summed E-state index contributed by atoms with van der Waals surface area (Å²) >= 11 is 0. The van der Waals surface area contributed by atoms with Crippen molar-refractivity contribution >= 4 is 28.6 Å². The molecule has 0 radical (unpaired) electrons. The summed E-state index contributed by atoms with van der Waals surface area (Å²) in [6.45, 7) is 0. The molecule has 2 aliphatic rings. The van der Waals surface area contributed by atoms with Gasteiger partial charge >= 0.3 is 0 Å². The summed E-state index contributed by atoms with van der Waals surface area (Å²) in [5.41, 5.74) is 12.7. The normalized spacial score (nSPS) is 15.8. The molecule has 0 aliphatic heterocycles. The molecule has 4 aromatic carbocycles. The van der Waals surface area contributed by atoms with Crippen molar-refractivity contribution in [2.75, 3.05) is 20.5 Å². The first-order valence-corrected chi connectivity index (χ1v) is 20.4. The standard InChI is InChI=1S/C27H38O5PS.C12H10N.Pd/c1-30-24-18-12-19-25(31-2)27(24)23-17-10-11-20-26(23)33(32-34(3,28)29,21-13-6-4-7-14-21)22-15-8-5-9-16-22;13-12-9-5-4-8-11(12)10-6-2-1-3-7-10;/h10-12,17-22H,4-9,13-16H2,1-3H3;1-9,13H;/q+1;-1;. The Kier molecular flexibility index (Phi) is 14.1. The van der Waals surface area contributed by atoms with E-state index in [1.807, 2.05) is 84.9 Å². The Morgan fingerprint density at radius 1 is 0.625 bits per heavy atom. The van der Waals surface area contributed by atoms with Crippen molar-refractivity contribution in [3.05, 3.63) is 103 Å². The van der Waals surface area contributed by atoms with Gasteiger partial charge in [0.05, 0.1) is 26.0 Å². The smallest absolute Gasteiger partial charge is 0.296 e. The van der Waals surface area contributed by atoms with Gasteiger partial charge < -0.3 is 15.2 Å². The molecule has 260 valence electrons. The van der Waals surface area contributed by atoms with Crippen molar-refractivity contribution in [2.45, 2.75) is 75.5 Å². The van der Waals surface area contributed by atoms with E-state index in [0.717, 1.165) is 90.4 Å². The van der Waals surface area contributed by atoms with Crippen LogP contribution in [-0.2, 0) is 34.5 Å². The fourth-order valence-corrected chi connectivity index (χ4v) is 15.1. The van der Waals surface area contributed by atoms with Crippen LogP contribution in [0.15, 0.2) is 97.1 Å². The predicted molar refractivity (Wildman–Crippen MR) is 197 cm³/mol. The van der Waals surface area contributed by atoms with E-state index in [9.17, 15) is 8.42 Å². The van der Waals surface area contributed by atoms with Gasteiger partial charge in [0.1, 0.15) is 28.1 Å². The van der Waals surface area contributed by atoms with Gasteiger partial charge in [-0.15, -0.1) is 9.66 Å². The van der Waals surface area contributed by atoms with E-state index in [4.69, 9.17) is 19.2 Å². The quantitative estimate of drug-likeness (QED) is 0.125. The zero-order chi connectivity index (χ0) is 33.3. The zero-order valence-electron chi connectivity index (χ0n) is 28.2. The van der Waals surface area contributed by atoms with Crippen molar-refractivity contribution in [1.29, 1.82) is 0 Å². The molecule has 2 aliphatic carbocycles. The molecule has 48 heavy (non-hydrogen) atoms. The second-order valence-electron chi connectivity index (χ2n) is 12.5. The van der Waals surface area contributed by atoms with Gasteiger partial charge in [0.2, 0.25) is 7.49 Å². The molecule has 0 amide bonds. The van der Waals surface area contributed by atoms with E-state index in [-0.39, 0.29) is 31.7 Å². The first-order valence-electron chi connectivity index (χ1n) is 16.7. The van der Waals surface area contributed by atoms with Crippen molar-refractivity contribution in [1.82, 2.24) is 0 Å². The number of hydrogen-bond donors (Lipinski definition) is 0.